The molecule has 1 aliphatic carbocycles. The number of hydrogen-bond donors (Lipinski definition) is 0. The summed E-state index contributed by atoms with van der Waals surface area (Å²) in [6.45, 7) is 7.87. The first-order valence-corrected chi connectivity index (χ1v) is 13.0. The van der Waals surface area contributed by atoms with Crippen molar-refractivity contribution in [2.75, 3.05) is 70.7 Å². The van der Waals surface area contributed by atoms with Crippen LogP contribution in [0.2, 0.25) is 0 Å². The normalized spacial score (nSPS) is 18.3. The Bertz CT molecular complexity index is 1280. The number of fused-ring (bicyclic) bond motifs is 1. The summed E-state index contributed by atoms with van der Waals surface area (Å²) in [5.74, 6) is 1.64. The molecule has 0 N–H and O–H groups in total. The molecule has 7 nitrogen and oxygen atoms in total. The average molecular weight is 498 g/mol. The standard InChI is InChI=1S/C30H31N3O4/c34-30-26-20-24(37-19-12-32-10-15-35-16-11-32)7-8-25(26)28(22-4-2-1-3-5-22)29(30)23-6-9-27(31-21-23)33-13-17-36-18-14-33/h1-9,20-21H,10-19H2. The van der Waals surface area contributed by atoms with Gasteiger partial charge in [-0.05, 0) is 41.5 Å². The molecule has 3 aliphatic rings. The third-order valence-electron chi connectivity index (χ3n) is 7.20. The highest BCUT2D eigenvalue weighted by Crippen LogP contribution is 2.43. The van der Waals surface area contributed by atoms with Crippen LogP contribution in [-0.4, -0.2) is 81.4 Å². The molecule has 0 bridgehead atoms. The maximum absolute atomic E-state index is 13.9. The summed E-state index contributed by atoms with van der Waals surface area (Å²) >= 11 is 0. The molecule has 2 fully saturated rings. The van der Waals surface area contributed by atoms with Gasteiger partial charge in [-0.25, -0.2) is 4.98 Å². The molecule has 0 unspecified atom stereocenters. The fraction of sp³-hybridized carbons (Fsp3) is 0.333. The number of aromatic nitrogens is 1. The van der Waals surface area contributed by atoms with Crippen molar-refractivity contribution in [1.82, 2.24) is 9.88 Å². The lowest BCUT2D eigenvalue weighted by molar-refractivity contribution is 0.0322. The summed E-state index contributed by atoms with van der Waals surface area (Å²) in [6, 6.07) is 20.0. The zero-order chi connectivity index (χ0) is 25.0. The largest absolute Gasteiger partial charge is 0.492 e. The maximum Gasteiger partial charge on any atom is 0.195 e. The second-order valence-electron chi connectivity index (χ2n) is 9.46. The van der Waals surface area contributed by atoms with Gasteiger partial charge in [0.25, 0.3) is 0 Å². The van der Waals surface area contributed by atoms with E-state index in [1.54, 1.807) is 0 Å². The van der Waals surface area contributed by atoms with Crippen LogP contribution < -0.4 is 9.64 Å². The monoisotopic (exact) mass is 497 g/mol. The number of Topliss-reactive ketones (excluding diaryl/α,β-unsaturated/α-hetero) is 1. The Balaban J connectivity index is 1.28. The van der Waals surface area contributed by atoms with Crippen molar-refractivity contribution in [2.24, 2.45) is 0 Å². The number of carbonyl (C=O) groups is 1. The molecular formula is C30H31N3O4. The summed E-state index contributed by atoms with van der Waals surface area (Å²) in [7, 11) is 0. The first kappa shape index (κ1) is 23.9. The lowest BCUT2D eigenvalue weighted by Gasteiger charge is -2.27. The molecule has 190 valence electrons. The number of morpholine rings is 2. The third kappa shape index (κ3) is 5.03. The van der Waals surface area contributed by atoms with E-state index < -0.39 is 0 Å². The molecule has 37 heavy (non-hydrogen) atoms. The second-order valence-corrected chi connectivity index (χ2v) is 9.46. The zero-order valence-corrected chi connectivity index (χ0v) is 20.9. The van der Waals surface area contributed by atoms with E-state index in [1.807, 2.05) is 54.7 Å². The molecular weight excluding hydrogens is 466 g/mol. The summed E-state index contributed by atoms with van der Waals surface area (Å²) in [5, 5.41) is 0. The highest BCUT2D eigenvalue weighted by Gasteiger charge is 2.32. The van der Waals surface area contributed by atoms with E-state index in [0.717, 1.165) is 79.8 Å². The Kier molecular flexibility index (Phi) is 6.99. The Labute approximate surface area is 217 Å². The van der Waals surface area contributed by atoms with E-state index in [-0.39, 0.29) is 5.78 Å². The quantitative estimate of drug-likeness (QED) is 0.492. The molecule has 7 heteroatoms. The number of pyridine rings is 1. The van der Waals surface area contributed by atoms with Crippen molar-refractivity contribution in [1.29, 1.82) is 0 Å². The molecule has 0 radical (unpaired) electrons. The number of ether oxygens (including phenoxy) is 3. The Morgan fingerprint density at radius 3 is 2.27 bits per heavy atom. The average Bonchev–Trinajstić information content (AvgIpc) is 3.26. The number of nitrogens with zero attached hydrogens (tertiary/aromatic N) is 3. The van der Waals surface area contributed by atoms with Gasteiger partial charge in [0.1, 0.15) is 18.2 Å². The zero-order valence-electron chi connectivity index (χ0n) is 20.9. The number of benzene rings is 2. The Hall–Kier alpha value is -3.52. The number of ketones is 1. The van der Waals surface area contributed by atoms with Crippen LogP contribution in [0, 0.1) is 0 Å². The van der Waals surface area contributed by atoms with Gasteiger partial charge in [-0.1, -0.05) is 30.3 Å². The highest BCUT2D eigenvalue weighted by atomic mass is 16.5. The maximum atomic E-state index is 13.9. The van der Waals surface area contributed by atoms with Crippen molar-refractivity contribution < 1.29 is 19.0 Å². The topological polar surface area (TPSA) is 64.1 Å². The van der Waals surface area contributed by atoms with Crippen LogP contribution in [0.4, 0.5) is 5.82 Å². The Morgan fingerprint density at radius 1 is 0.784 bits per heavy atom. The minimum absolute atomic E-state index is 0.00778. The molecule has 0 amide bonds. The van der Waals surface area contributed by atoms with Crippen LogP contribution in [0.1, 0.15) is 27.0 Å². The van der Waals surface area contributed by atoms with Crippen molar-refractivity contribution >= 4 is 22.7 Å². The third-order valence-corrected chi connectivity index (χ3v) is 7.20. The molecule has 0 spiro atoms. The lowest BCUT2D eigenvalue weighted by Crippen LogP contribution is -2.38. The molecule has 1 aromatic heterocycles. The predicted octanol–water partition coefficient (Wildman–Crippen LogP) is 3.78. The fourth-order valence-electron chi connectivity index (χ4n) is 5.21. The van der Waals surface area contributed by atoms with Gasteiger partial charge in [0.05, 0.1) is 26.4 Å². The van der Waals surface area contributed by atoms with Crippen molar-refractivity contribution in [3.63, 3.8) is 0 Å². The molecule has 3 aromatic rings. The van der Waals surface area contributed by atoms with Crippen molar-refractivity contribution in [3.8, 4) is 5.75 Å². The summed E-state index contributed by atoms with van der Waals surface area (Å²) in [4.78, 5) is 23.1. The SMILES string of the molecule is O=C1C(c2ccc(N3CCOCC3)nc2)=C(c2ccccc2)c2ccc(OCCN3CCOCC3)cc21. The van der Waals surface area contributed by atoms with Gasteiger partial charge in [0.2, 0.25) is 0 Å². The van der Waals surface area contributed by atoms with Crippen LogP contribution in [0.5, 0.6) is 5.75 Å². The smallest absolute Gasteiger partial charge is 0.195 e. The minimum Gasteiger partial charge on any atom is -0.492 e. The van der Waals surface area contributed by atoms with Crippen molar-refractivity contribution in [3.05, 3.63) is 89.1 Å². The van der Waals surface area contributed by atoms with Crippen LogP contribution in [0.25, 0.3) is 11.1 Å². The van der Waals surface area contributed by atoms with Crippen LogP contribution in [0.15, 0.2) is 66.9 Å². The minimum atomic E-state index is 0.00778. The first-order chi connectivity index (χ1) is 18.3. The van der Waals surface area contributed by atoms with Gasteiger partial charge in [-0.15, -0.1) is 0 Å². The highest BCUT2D eigenvalue weighted by molar-refractivity contribution is 6.41. The summed E-state index contributed by atoms with van der Waals surface area (Å²) in [6.07, 6.45) is 1.83. The molecule has 3 heterocycles. The molecule has 0 atom stereocenters. The van der Waals surface area contributed by atoms with Gasteiger partial charge in [-0.2, -0.15) is 0 Å². The van der Waals surface area contributed by atoms with E-state index in [2.05, 4.69) is 21.9 Å². The first-order valence-electron chi connectivity index (χ1n) is 13.0. The van der Waals surface area contributed by atoms with E-state index in [1.165, 1.54) is 0 Å². The van der Waals surface area contributed by atoms with Gasteiger partial charge >= 0.3 is 0 Å². The van der Waals surface area contributed by atoms with Crippen LogP contribution in [0.3, 0.4) is 0 Å². The molecule has 2 saturated heterocycles. The molecule has 2 aromatic carbocycles. The number of anilines is 1. The number of carbonyl (C=O) groups excluding carboxylic acids is 1. The van der Waals surface area contributed by atoms with Gasteiger partial charge in [0, 0.05) is 61.2 Å². The Morgan fingerprint density at radius 2 is 1.54 bits per heavy atom. The van der Waals surface area contributed by atoms with Crippen molar-refractivity contribution in [2.45, 2.75) is 0 Å². The van der Waals surface area contributed by atoms with Crippen LogP contribution >= 0.6 is 0 Å². The summed E-state index contributed by atoms with van der Waals surface area (Å²) < 4.78 is 17.0. The number of rotatable bonds is 7. The second kappa shape index (κ2) is 10.8. The fourth-order valence-corrected chi connectivity index (χ4v) is 5.21. The number of hydrogen-bond acceptors (Lipinski definition) is 7. The van der Waals surface area contributed by atoms with E-state index in [0.29, 0.717) is 31.0 Å². The van der Waals surface area contributed by atoms with Crippen LogP contribution in [-0.2, 0) is 9.47 Å². The molecule has 6 rings (SSSR count). The number of allylic oxidation sites excluding steroid dienone is 1. The van der Waals surface area contributed by atoms with Gasteiger partial charge in [-0.3, -0.25) is 9.69 Å². The lowest BCUT2D eigenvalue weighted by atomic mass is 9.95. The van der Waals surface area contributed by atoms with E-state index >= 15 is 0 Å². The summed E-state index contributed by atoms with van der Waals surface area (Å²) in [5.41, 5.74) is 5.09. The predicted molar refractivity (Wildman–Crippen MR) is 143 cm³/mol. The van der Waals surface area contributed by atoms with Gasteiger partial charge < -0.3 is 19.1 Å². The van der Waals surface area contributed by atoms with E-state index in [4.69, 9.17) is 19.2 Å². The molecule has 2 aliphatic heterocycles. The van der Waals surface area contributed by atoms with Gasteiger partial charge in [0.15, 0.2) is 5.78 Å². The molecule has 0 saturated carbocycles. The van der Waals surface area contributed by atoms with E-state index in [9.17, 15) is 4.79 Å².